The third-order valence-electron chi connectivity index (χ3n) is 4.33. The van der Waals surface area contributed by atoms with Gasteiger partial charge in [-0.25, -0.2) is 0 Å². The molecule has 0 fully saturated rings. The molecule has 0 aromatic rings. The molecule has 0 saturated heterocycles. The summed E-state index contributed by atoms with van der Waals surface area (Å²) < 4.78 is 29.7. The molecule has 0 aromatic carbocycles. The van der Waals surface area contributed by atoms with Crippen molar-refractivity contribution >= 4 is 47.9 Å². The Morgan fingerprint density at radius 3 is 1.50 bits per heavy atom. The summed E-state index contributed by atoms with van der Waals surface area (Å²) in [6, 6.07) is 0. The van der Waals surface area contributed by atoms with Crippen LogP contribution in [0.4, 0.5) is 0 Å². The second-order valence-corrected chi connectivity index (χ2v) is 8.33. The van der Waals surface area contributed by atoms with Gasteiger partial charge >= 0.3 is 37.7 Å². The zero-order valence-electron chi connectivity index (χ0n) is 15.0. The Morgan fingerprint density at radius 2 is 1.08 bits per heavy atom. The topological polar surface area (TPSA) is 74.6 Å². The van der Waals surface area contributed by atoms with Crippen LogP contribution in [0.5, 0.6) is 0 Å². The fraction of sp³-hybridized carbons (Fsp3) is 1.00. The molecule has 0 bridgehead atoms. The molecular weight excluding hydrogens is 352 g/mol. The van der Waals surface area contributed by atoms with Gasteiger partial charge in [0, 0.05) is 0 Å². The maximum absolute atomic E-state index is 10.6. The Kier molecular flexibility index (Phi) is 21.5. The van der Waals surface area contributed by atoms with E-state index in [-0.39, 0.29) is 43.5 Å². The van der Waals surface area contributed by atoms with Crippen LogP contribution in [0.1, 0.15) is 103 Å². The molecule has 0 saturated carbocycles. The molecule has 1 unspecified atom stereocenters. The Labute approximate surface area is 179 Å². The van der Waals surface area contributed by atoms with Gasteiger partial charge in [-0.1, -0.05) is 84.0 Å². The first-order valence-electron chi connectivity index (χ1n) is 9.59. The number of rotatable bonds is 17. The van der Waals surface area contributed by atoms with Crippen molar-refractivity contribution in [2.24, 2.45) is 0 Å². The Balaban J connectivity index is 0. The summed E-state index contributed by atoms with van der Waals surface area (Å²) in [4.78, 5) is 0. The van der Waals surface area contributed by atoms with E-state index < -0.39 is 16.2 Å². The molecule has 2 N–H and O–H groups in total. The van der Waals surface area contributed by atoms with E-state index in [9.17, 15) is 13.5 Å². The van der Waals surface area contributed by atoms with Crippen molar-refractivity contribution in [1.82, 2.24) is 0 Å². The molecule has 4 nitrogen and oxygen atoms in total. The summed E-state index contributed by atoms with van der Waals surface area (Å²) in [6.07, 6.45) is 16.7. The SMILES string of the molecule is CCCCCCCCCCCCCCC(O)CCCS(=O)(=O)O.[CaH2]. The quantitative estimate of drug-likeness (QED) is 0.221. The van der Waals surface area contributed by atoms with Crippen molar-refractivity contribution in [3.05, 3.63) is 0 Å². The molecule has 0 aliphatic carbocycles. The molecule has 0 spiro atoms. The first kappa shape index (κ1) is 27.3. The molecule has 0 aromatic heterocycles. The van der Waals surface area contributed by atoms with Gasteiger partial charge in [-0.3, -0.25) is 4.55 Å². The van der Waals surface area contributed by atoms with Gasteiger partial charge in [0.05, 0.1) is 11.9 Å². The van der Waals surface area contributed by atoms with Crippen LogP contribution in [0, 0.1) is 0 Å². The van der Waals surface area contributed by atoms with E-state index in [1.54, 1.807) is 0 Å². The van der Waals surface area contributed by atoms with Crippen molar-refractivity contribution in [2.75, 3.05) is 5.75 Å². The molecule has 1 atom stereocenters. The minimum absolute atomic E-state index is 0. The zero-order valence-corrected chi connectivity index (χ0v) is 15.8. The molecule has 0 amide bonds. The summed E-state index contributed by atoms with van der Waals surface area (Å²) in [5.41, 5.74) is 0. The predicted octanol–water partition coefficient (Wildman–Crippen LogP) is 4.19. The first-order valence-corrected chi connectivity index (χ1v) is 11.2. The monoisotopic (exact) mass is 392 g/mol. The minimum atomic E-state index is -3.88. The van der Waals surface area contributed by atoms with Crippen LogP contribution >= 0.6 is 0 Å². The first-order chi connectivity index (χ1) is 11.0. The molecule has 6 heteroatoms. The predicted molar refractivity (Wildman–Crippen MR) is 106 cm³/mol. The van der Waals surface area contributed by atoms with Crippen molar-refractivity contribution < 1.29 is 18.1 Å². The van der Waals surface area contributed by atoms with Crippen molar-refractivity contribution in [2.45, 2.75) is 109 Å². The van der Waals surface area contributed by atoms with Crippen LogP contribution in [0.25, 0.3) is 0 Å². The van der Waals surface area contributed by atoms with E-state index in [4.69, 9.17) is 4.55 Å². The Morgan fingerprint density at radius 1 is 0.708 bits per heavy atom. The van der Waals surface area contributed by atoms with Crippen LogP contribution < -0.4 is 0 Å². The fourth-order valence-electron chi connectivity index (χ4n) is 2.87. The molecule has 0 heterocycles. The van der Waals surface area contributed by atoms with Crippen LogP contribution in [-0.2, 0) is 10.1 Å². The molecule has 0 rings (SSSR count). The van der Waals surface area contributed by atoms with Crippen LogP contribution in [0.3, 0.4) is 0 Å². The fourth-order valence-corrected chi connectivity index (χ4v) is 3.40. The number of aliphatic hydroxyl groups is 1. The average Bonchev–Trinajstić information content (AvgIpc) is 2.47. The third-order valence-corrected chi connectivity index (χ3v) is 5.14. The second-order valence-electron chi connectivity index (χ2n) is 6.76. The number of aliphatic hydroxyl groups excluding tert-OH is 1. The van der Waals surface area contributed by atoms with Crippen molar-refractivity contribution in [3.63, 3.8) is 0 Å². The Bertz CT molecular complexity index is 347. The van der Waals surface area contributed by atoms with Gasteiger partial charge in [0.25, 0.3) is 10.1 Å². The van der Waals surface area contributed by atoms with E-state index >= 15 is 0 Å². The molecular formula is C18H40CaO4S. The van der Waals surface area contributed by atoms with Crippen LogP contribution in [-0.4, -0.2) is 67.7 Å². The van der Waals surface area contributed by atoms with E-state index in [1.165, 1.54) is 64.2 Å². The maximum atomic E-state index is 10.6. The molecule has 0 radical (unpaired) electrons. The van der Waals surface area contributed by atoms with Gasteiger partial charge in [-0.15, -0.1) is 0 Å². The van der Waals surface area contributed by atoms with E-state index in [2.05, 4.69) is 6.92 Å². The zero-order chi connectivity index (χ0) is 17.4. The van der Waals surface area contributed by atoms with Crippen LogP contribution in [0.15, 0.2) is 0 Å². The molecule has 24 heavy (non-hydrogen) atoms. The number of hydrogen-bond donors (Lipinski definition) is 2. The van der Waals surface area contributed by atoms with Gasteiger partial charge in [0.15, 0.2) is 0 Å². The number of unbranched alkanes of at least 4 members (excludes halogenated alkanes) is 11. The summed E-state index contributed by atoms with van der Waals surface area (Å²) >= 11 is 0. The molecule has 0 aliphatic heterocycles. The van der Waals surface area contributed by atoms with E-state index in [0.29, 0.717) is 12.8 Å². The number of hydrogen-bond acceptors (Lipinski definition) is 3. The summed E-state index contributed by atoms with van der Waals surface area (Å²) in [7, 11) is -3.88. The summed E-state index contributed by atoms with van der Waals surface area (Å²) in [6.45, 7) is 2.25. The van der Waals surface area contributed by atoms with E-state index in [0.717, 1.165) is 19.3 Å². The van der Waals surface area contributed by atoms with Gasteiger partial charge in [-0.2, -0.15) is 8.42 Å². The standard InChI is InChI=1S/C18H38O4S.Ca.2H/c1-2-3-4-5-6-7-8-9-10-11-12-13-15-18(19)16-14-17-23(20,21)22;;;/h18-19H,2-17H2,1H3,(H,20,21,22);;;. The average molecular weight is 393 g/mol. The van der Waals surface area contributed by atoms with Gasteiger partial charge in [0.2, 0.25) is 0 Å². The molecule has 144 valence electrons. The van der Waals surface area contributed by atoms with Gasteiger partial charge in [0.1, 0.15) is 0 Å². The Hall–Kier alpha value is 1.13. The van der Waals surface area contributed by atoms with Crippen LogP contribution in [0.2, 0.25) is 0 Å². The van der Waals surface area contributed by atoms with Crippen molar-refractivity contribution in [1.29, 1.82) is 0 Å². The van der Waals surface area contributed by atoms with Gasteiger partial charge < -0.3 is 5.11 Å². The molecule has 0 aliphatic rings. The second kappa shape index (κ2) is 18.9. The third kappa shape index (κ3) is 23.1. The van der Waals surface area contributed by atoms with E-state index in [1.807, 2.05) is 0 Å². The van der Waals surface area contributed by atoms with Crippen molar-refractivity contribution in [3.8, 4) is 0 Å². The summed E-state index contributed by atoms with van der Waals surface area (Å²) in [5.74, 6) is -0.248. The summed E-state index contributed by atoms with van der Waals surface area (Å²) in [5, 5.41) is 9.73. The van der Waals surface area contributed by atoms with Gasteiger partial charge in [-0.05, 0) is 19.3 Å². The normalized spacial score (nSPS) is 12.8.